The van der Waals surface area contributed by atoms with Gasteiger partial charge < -0.3 is 19.8 Å². The molecule has 4 nitrogen and oxygen atoms in total. The fourth-order valence-electron chi connectivity index (χ4n) is 0. The second kappa shape index (κ2) is 7.82. The number of aliphatic carboxylic acids is 2. The Hall–Kier alpha value is 0.823. The molecule has 0 aromatic carbocycles. The van der Waals surface area contributed by atoms with Crippen molar-refractivity contribution >= 4 is 11.9 Å². The summed E-state index contributed by atoms with van der Waals surface area (Å²) in [5.41, 5.74) is 0. The summed E-state index contributed by atoms with van der Waals surface area (Å²) in [5.74, 6) is -4.37. The third-order valence-corrected chi connectivity index (χ3v) is 0.167. The van der Waals surface area contributed by atoms with E-state index in [2.05, 4.69) is 0 Å². The Morgan fingerprint density at radius 3 is 1.12 bits per heavy atom. The Balaban J connectivity index is -0.000000125. The number of carboxylic acid groups (broad SMARTS) is 2. The van der Waals surface area contributed by atoms with Gasteiger partial charge in [0.1, 0.15) is 0 Å². The smallest absolute Gasteiger partial charge is 0.543 e. The molecular formula is C2NaO4Zr+. The molecule has 0 N–H and O–H groups in total. The normalized spacial score (nSPS) is 5.50. The van der Waals surface area contributed by atoms with Crippen molar-refractivity contribution < 1.29 is 75.6 Å². The van der Waals surface area contributed by atoms with Crippen LogP contribution >= 0.6 is 0 Å². The van der Waals surface area contributed by atoms with Gasteiger partial charge in [-0.15, -0.1) is 0 Å². The molecule has 0 fully saturated rings. The van der Waals surface area contributed by atoms with Crippen LogP contribution in [0.25, 0.3) is 0 Å². The second-order valence-corrected chi connectivity index (χ2v) is 0.575. The zero-order valence-corrected chi connectivity index (χ0v) is 8.59. The molecule has 6 heteroatoms. The van der Waals surface area contributed by atoms with Gasteiger partial charge in [0.25, 0.3) is 0 Å². The quantitative estimate of drug-likeness (QED) is 0.289. The van der Waals surface area contributed by atoms with Crippen molar-refractivity contribution in [2.75, 3.05) is 0 Å². The van der Waals surface area contributed by atoms with E-state index in [1.807, 2.05) is 0 Å². The Bertz CT molecular complexity index is 80.0. The molecule has 36 valence electrons. The van der Waals surface area contributed by atoms with Gasteiger partial charge in [-0.05, 0) is 0 Å². The molecule has 0 spiro atoms. The fraction of sp³-hybridized carbons (Fsp3) is 0. The van der Waals surface area contributed by atoms with Gasteiger partial charge in [-0.1, -0.05) is 0 Å². The maximum Gasteiger partial charge on any atom is 2.00 e. The number of carbonyl (C=O) groups is 2. The van der Waals surface area contributed by atoms with Gasteiger partial charge >= 0.3 is 55.8 Å². The largest absolute Gasteiger partial charge is 2.00 e. The molecule has 0 bridgehead atoms. The van der Waals surface area contributed by atoms with Crippen LogP contribution in [0.3, 0.4) is 0 Å². The van der Waals surface area contributed by atoms with Crippen molar-refractivity contribution in [1.82, 2.24) is 0 Å². The average molecular weight is 202 g/mol. The zero-order valence-electron chi connectivity index (χ0n) is 4.13. The molecule has 0 saturated carbocycles. The summed E-state index contributed by atoms with van der Waals surface area (Å²) in [7, 11) is 0. The van der Waals surface area contributed by atoms with Crippen LogP contribution in [-0.4, -0.2) is 11.9 Å². The number of rotatable bonds is 0. The van der Waals surface area contributed by atoms with Crippen molar-refractivity contribution in [3.05, 3.63) is 0 Å². The molecule has 0 radical (unpaired) electrons. The predicted octanol–water partition coefficient (Wildman–Crippen LogP) is -6.51. The third-order valence-electron chi connectivity index (χ3n) is 0.167. The summed E-state index contributed by atoms with van der Waals surface area (Å²) < 4.78 is 0. The van der Waals surface area contributed by atoms with Crippen molar-refractivity contribution in [3.8, 4) is 0 Å². The fourth-order valence-corrected chi connectivity index (χ4v) is 0. The van der Waals surface area contributed by atoms with Crippen LogP contribution in [0, 0.1) is 0 Å². The molecule has 0 atom stereocenters. The van der Waals surface area contributed by atoms with Gasteiger partial charge in [-0.3, -0.25) is 0 Å². The van der Waals surface area contributed by atoms with Crippen LogP contribution < -0.4 is 39.8 Å². The molecule has 0 aliphatic heterocycles. The second-order valence-electron chi connectivity index (χ2n) is 0.575. The zero-order chi connectivity index (χ0) is 5.15. The molecule has 0 aromatic rings. The Morgan fingerprint density at radius 2 is 1.12 bits per heavy atom. The van der Waals surface area contributed by atoms with Gasteiger partial charge in [0, 0.05) is 0 Å². The summed E-state index contributed by atoms with van der Waals surface area (Å²) >= 11 is 0. The van der Waals surface area contributed by atoms with E-state index in [0.29, 0.717) is 0 Å². The number of hydrogen-bond acceptors (Lipinski definition) is 4. The molecule has 0 saturated heterocycles. The molecule has 0 rings (SSSR count). The molecule has 0 aromatic heterocycles. The van der Waals surface area contributed by atoms with E-state index in [1.54, 1.807) is 0 Å². The summed E-state index contributed by atoms with van der Waals surface area (Å²) in [4.78, 5) is 17.9. The average Bonchev–Trinajstić information content (AvgIpc) is 1.36. The first-order valence-corrected chi connectivity index (χ1v) is 1.07. The SMILES string of the molecule is O=C([O-])C(=O)[O-].[Na+].[Zr+2]. The van der Waals surface area contributed by atoms with Gasteiger partial charge in [-0.25, -0.2) is 0 Å². The summed E-state index contributed by atoms with van der Waals surface area (Å²) in [5, 5.41) is 17.9. The van der Waals surface area contributed by atoms with Gasteiger partial charge in [0.2, 0.25) is 0 Å². The monoisotopic (exact) mass is 201 g/mol. The molecule has 0 amide bonds. The van der Waals surface area contributed by atoms with Crippen molar-refractivity contribution in [1.29, 1.82) is 0 Å². The predicted molar refractivity (Wildman–Crippen MR) is 10.0 cm³/mol. The maximum atomic E-state index is 8.93. The Morgan fingerprint density at radius 1 is 1.00 bits per heavy atom. The molecule has 0 heterocycles. The van der Waals surface area contributed by atoms with Crippen LogP contribution in [0.1, 0.15) is 0 Å². The number of hydrogen-bond donors (Lipinski definition) is 0. The molecule has 0 unspecified atom stereocenters. The van der Waals surface area contributed by atoms with Crippen LogP contribution in [-0.2, 0) is 35.8 Å². The topological polar surface area (TPSA) is 80.3 Å². The van der Waals surface area contributed by atoms with E-state index < -0.39 is 11.9 Å². The van der Waals surface area contributed by atoms with E-state index in [0.717, 1.165) is 0 Å². The van der Waals surface area contributed by atoms with Gasteiger partial charge in [-0.2, -0.15) is 0 Å². The minimum absolute atomic E-state index is 0. The maximum absolute atomic E-state index is 8.93. The number of carboxylic acids is 2. The molecule has 0 aliphatic rings. The summed E-state index contributed by atoms with van der Waals surface area (Å²) in [6.45, 7) is 0. The van der Waals surface area contributed by atoms with E-state index in [-0.39, 0.29) is 55.8 Å². The minimum atomic E-state index is -2.19. The van der Waals surface area contributed by atoms with E-state index in [1.165, 1.54) is 0 Å². The standard InChI is InChI=1S/C2H2O4.Na.Zr/c3-1(4)2(5)6;;/h(H,3,4)(H,5,6);;/q;+1;+2/p-2. The van der Waals surface area contributed by atoms with Crippen molar-refractivity contribution in [3.63, 3.8) is 0 Å². The van der Waals surface area contributed by atoms with Crippen LogP contribution in [0.4, 0.5) is 0 Å². The van der Waals surface area contributed by atoms with Gasteiger partial charge in [0.05, 0.1) is 11.9 Å². The molecule has 0 aliphatic carbocycles. The molecular weight excluding hydrogens is 202 g/mol. The van der Waals surface area contributed by atoms with Gasteiger partial charge in [0.15, 0.2) is 0 Å². The van der Waals surface area contributed by atoms with Crippen molar-refractivity contribution in [2.24, 2.45) is 0 Å². The first kappa shape index (κ1) is 15.9. The van der Waals surface area contributed by atoms with Crippen LogP contribution in [0.5, 0.6) is 0 Å². The molecule has 8 heavy (non-hydrogen) atoms. The summed E-state index contributed by atoms with van der Waals surface area (Å²) in [6, 6.07) is 0. The third kappa shape index (κ3) is 9.95. The van der Waals surface area contributed by atoms with Crippen LogP contribution in [0.15, 0.2) is 0 Å². The van der Waals surface area contributed by atoms with E-state index in [9.17, 15) is 0 Å². The first-order chi connectivity index (χ1) is 2.64. The Labute approximate surface area is 86.7 Å². The van der Waals surface area contributed by atoms with Crippen LogP contribution in [0.2, 0.25) is 0 Å². The first-order valence-electron chi connectivity index (χ1n) is 1.07. The van der Waals surface area contributed by atoms with Crippen molar-refractivity contribution in [2.45, 2.75) is 0 Å². The summed E-state index contributed by atoms with van der Waals surface area (Å²) in [6.07, 6.45) is 0. The van der Waals surface area contributed by atoms with E-state index >= 15 is 0 Å². The minimum Gasteiger partial charge on any atom is -0.543 e. The Kier molecular flexibility index (Phi) is 15.6. The number of carbonyl (C=O) groups excluding carboxylic acids is 2. The van der Waals surface area contributed by atoms with E-state index in [4.69, 9.17) is 19.8 Å².